The fourth-order valence-electron chi connectivity index (χ4n) is 3.85. The monoisotopic (exact) mass is 237 g/mol. The summed E-state index contributed by atoms with van der Waals surface area (Å²) in [4.78, 5) is 12.5. The molecule has 2 aliphatic carbocycles. The molecule has 2 aliphatic rings. The van der Waals surface area contributed by atoms with Crippen LogP contribution in [0.15, 0.2) is 0 Å². The minimum atomic E-state index is 0.308. The van der Waals surface area contributed by atoms with E-state index in [1.54, 1.807) is 0 Å². The Labute approximate surface area is 105 Å². The molecule has 2 heteroatoms. The second-order valence-corrected chi connectivity index (χ2v) is 6.06. The van der Waals surface area contributed by atoms with Crippen molar-refractivity contribution in [3.63, 3.8) is 0 Å². The van der Waals surface area contributed by atoms with Gasteiger partial charge in [-0.25, -0.2) is 0 Å². The highest BCUT2D eigenvalue weighted by atomic mass is 16.1. The molecule has 2 unspecified atom stereocenters. The molecule has 0 radical (unpaired) electrons. The van der Waals surface area contributed by atoms with Crippen LogP contribution in [-0.4, -0.2) is 12.3 Å². The maximum atomic E-state index is 12.5. The molecule has 0 heterocycles. The molecule has 0 aromatic heterocycles. The first-order chi connectivity index (χ1) is 8.26. The first kappa shape index (κ1) is 13.1. The van der Waals surface area contributed by atoms with E-state index in [1.165, 1.54) is 32.1 Å². The van der Waals surface area contributed by atoms with Crippen LogP contribution in [0.2, 0.25) is 0 Å². The molecular formula is C15H27NO. The zero-order valence-electron chi connectivity index (χ0n) is 11.2. The molecule has 0 amide bonds. The summed E-state index contributed by atoms with van der Waals surface area (Å²) in [6.45, 7) is 2.98. The zero-order chi connectivity index (χ0) is 12.3. The second kappa shape index (κ2) is 5.99. The Hall–Kier alpha value is -0.370. The van der Waals surface area contributed by atoms with Gasteiger partial charge in [-0.2, -0.15) is 0 Å². The highest BCUT2D eigenvalue weighted by Gasteiger charge is 2.36. The summed E-state index contributed by atoms with van der Waals surface area (Å²) in [6, 6.07) is 0. The van der Waals surface area contributed by atoms with Crippen molar-refractivity contribution >= 4 is 5.78 Å². The molecule has 17 heavy (non-hydrogen) atoms. The summed E-state index contributed by atoms with van der Waals surface area (Å²) < 4.78 is 0. The predicted octanol–water partition coefficient (Wildman–Crippen LogP) is 3.15. The number of nitrogens with two attached hydrogens (primary N) is 1. The molecule has 2 atom stereocenters. The van der Waals surface area contributed by atoms with Gasteiger partial charge in [0.2, 0.25) is 0 Å². The van der Waals surface area contributed by atoms with Crippen molar-refractivity contribution in [1.29, 1.82) is 0 Å². The minimum absolute atomic E-state index is 0.308. The maximum Gasteiger partial charge on any atom is 0.139 e. The lowest BCUT2D eigenvalue weighted by Gasteiger charge is -2.29. The number of carbonyl (C=O) groups excluding carboxylic acids is 1. The predicted molar refractivity (Wildman–Crippen MR) is 70.6 cm³/mol. The number of Topliss-reactive ketones (excluding diaryl/α,β-unsaturated/α-hetero) is 1. The van der Waals surface area contributed by atoms with Gasteiger partial charge >= 0.3 is 0 Å². The standard InChI is InChI=1S/C15H27NO/c1-2-11-6-8-12(9-7-11)15(17)14-5-3-4-13(14)10-16/h11-14H,2-10,16H2,1H3. The smallest absolute Gasteiger partial charge is 0.139 e. The average molecular weight is 237 g/mol. The molecule has 98 valence electrons. The Kier molecular flexibility index (Phi) is 4.61. The van der Waals surface area contributed by atoms with E-state index in [0.717, 1.165) is 25.2 Å². The molecule has 0 bridgehead atoms. The van der Waals surface area contributed by atoms with E-state index < -0.39 is 0 Å². The number of carbonyl (C=O) groups is 1. The average Bonchev–Trinajstić information content (AvgIpc) is 2.86. The molecule has 0 aliphatic heterocycles. The normalized spacial score (nSPS) is 38.2. The van der Waals surface area contributed by atoms with Crippen molar-refractivity contribution < 1.29 is 4.79 Å². The van der Waals surface area contributed by atoms with Gasteiger partial charge in [0.05, 0.1) is 0 Å². The quantitative estimate of drug-likeness (QED) is 0.816. The molecule has 0 saturated heterocycles. The molecule has 0 aromatic rings. The third kappa shape index (κ3) is 2.90. The van der Waals surface area contributed by atoms with Crippen molar-refractivity contribution in [3.05, 3.63) is 0 Å². The first-order valence-electron chi connectivity index (χ1n) is 7.50. The van der Waals surface area contributed by atoms with Crippen LogP contribution < -0.4 is 5.73 Å². The van der Waals surface area contributed by atoms with Crippen molar-refractivity contribution in [2.75, 3.05) is 6.54 Å². The molecule has 2 fully saturated rings. The Balaban J connectivity index is 1.88. The third-order valence-electron chi connectivity index (χ3n) is 5.15. The number of hydrogen-bond acceptors (Lipinski definition) is 2. The van der Waals surface area contributed by atoms with Gasteiger partial charge in [0.1, 0.15) is 5.78 Å². The Morgan fingerprint density at radius 3 is 2.41 bits per heavy atom. The highest BCUT2D eigenvalue weighted by Crippen LogP contribution is 2.38. The van der Waals surface area contributed by atoms with Crippen LogP contribution in [0.4, 0.5) is 0 Å². The minimum Gasteiger partial charge on any atom is -0.330 e. The van der Waals surface area contributed by atoms with Crippen LogP contribution >= 0.6 is 0 Å². The van der Waals surface area contributed by atoms with E-state index in [-0.39, 0.29) is 0 Å². The van der Waals surface area contributed by atoms with E-state index in [9.17, 15) is 4.79 Å². The second-order valence-electron chi connectivity index (χ2n) is 6.06. The Morgan fingerprint density at radius 2 is 1.82 bits per heavy atom. The molecule has 0 aromatic carbocycles. The summed E-state index contributed by atoms with van der Waals surface area (Å²) in [7, 11) is 0. The van der Waals surface area contributed by atoms with E-state index >= 15 is 0 Å². The molecule has 2 rings (SSSR count). The Bertz CT molecular complexity index is 256. The van der Waals surface area contributed by atoms with E-state index in [0.29, 0.717) is 30.1 Å². The van der Waals surface area contributed by atoms with Gasteiger partial charge in [0.15, 0.2) is 0 Å². The van der Waals surface area contributed by atoms with Crippen LogP contribution in [0.5, 0.6) is 0 Å². The molecule has 0 spiro atoms. The number of hydrogen-bond donors (Lipinski definition) is 1. The van der Waals surface area contributed by atoms with Crippen LogP contribution in [0, 0.1) is 23.7 Å². The van der Waals surface area contributed by atoms with Crippen molar-refractivity contribution in [3.8, 4) is 0 Å². The molecule has 2 N–H and O–H groups in total. The molecular weight excluding hydrogens is 210 g/mol. The van der Waals surface area contributed by atoms with E-state index in [1.807, 2.05) is 0 Å². The summed E-state index contributed by atoms with van der Waals surface area (Å²) in [5, 5.41) is 0. The summed E-state index contributed by atoms with van der Waals surface area (Å²) in [6.07, 6.45) is 9.61. The lowest BCUT2D eigenvalue weighted by molar-refractivity contribution is -0.129. The fraction of sp³-hybridized carbons (Fsp3) is 0.933. The van der Waals surface area contributed by atoms with Gasteiger partial charge in [-0.15, -0.1) is 0 Å². The Morgan fingerprint density at radius 1 is 1.12 bits per heavy atom. The number of rotatable bonds is 4. The van der Waals surface area contributed by atoms with Crippen LogP contribution in [0.3, 0.4) is 0 Å². The van der Waals surface area contributed by atoms with Crippen molar-refractivity contribution in [2.24, 2.45) is 29.4 Å². The van der Waals surface area contributed by atoms with E-state index in [2.05, 4.69) is 6.92 Å². The van der Waals surface area contributed by atoms with Crippen LogP contribution in [-0.2, 0) is 4.79 Å². The van der Waals surface area contributed by atoms with Crippen molar-refractivity contribution in [2.45, 2.75) is 58.3 Å². The molecule has 2 nitrogen and oxygen atoms in total. The van der Waals surface area contributed by atoms with Gasteiger partial charge in [0, 0.05) is 11.8 Å². The van der Waals surface area contributed by atoms with Gasteiger partial charge in [-0.1, -0.05) is 19.8 Å². The van der Waals surface area contributed by atoms with Crippen LogP contribution in [0.1, 0.15) is 58.3 Å². The van der Waals surface area contributed by atoms with Gasteiger partial charge in [0.25, 0.3) is 0 Å². The van der Waals surface area contributed by atoms with E-state index in [4.69, 9.17) is 5.73 Å². The SMILES string of the molecule is CCC1CCC(C(=O)C2CCCC2CN)CC1. The lowest BCUT2D eigenvalue weighted by Crippen LogP contribution is -2.32. The topological polar surface area (TPSA) is 43.1 Å². The van der Waals surface area contributed by atoms with Gasteiger partial charge in [-0.05, 0) is 56.9 Å². The molecule has 2 saturated carbocycles. The lowest BCUT2D eigenvalue weighted by atomic mass is 9.74. The van der Waals surface area contributed by atoms with Crippen molar-refractivity contribution in [1.82, 2.24) is 0 Å². The zero-order valence-corrected chi connectivity index (χ0v) is 11.2. The highest BCUT2D eigenvalue weighted by molar-refractivity contribution is 5.84. The summed E-state index contributed by atoms with van der Waals surface area (Å²) >= 11 is 0. The van der Waals surface area contributed by atoms with Gasteiger partial charge < -0.3 is 5.73 Å². The number of ketones is 1. The largest absolute Gasteiger partial charge is 0.330 e. The summed E-state index contributed by atoms with van der Waals surface area (Å²) in [5.41, 5.74) is 5.78. The van der Waals surface area contributed by atoms with Crippen LogP contribution in [0.25, 0.3) is 0 Å². The van der Waals surface area contributed by atoms with Gasteiger partial charge in [-0.3, -0.25) is 4.79 Å². The third-order valence-corrected chi connectivity index (χ3v) is 5.15. The summed E-state index contributed by atoms with van der Waals surface area (Å²) in [5.74, 6) is 2.62. The maximum absolute atomic E-state index is 12.5. The fourth-order valence-corrected chi connectivity index (χ4v) is 3.85. The first-order valence-corrected chi connectivity index (χ1v) is 7.50.